The molecule has 0 bridgehead atoms. The van der Waals surface area contributed by atoms with Crippen LogP contribution in [0.4, 0.5) is 10.1 Å². The molecule has 3 aromatic rings. The summed E-state index contributed by atoms with van der Waals surface area (Å²) in [4.78, 5) is 17.8. The Bertz CT molecular complexity index is 1060. The molecule has 1 aliphatic heterocycles. The minimum Gasteiger partial charge on any atom is -0.493 e. The maximum absolute atomic E-state index is 13.6. The largest absolute Gasteiger partial charge is 0.493 e. The highest BCUT2D eigenvalue weighted by Crippen LogP contribution is 2.34. The van der Waals surface area contributed by atoms with E-state index in [9.17, 15) is 9.18 Å². The van der Waals surface area contributed by atoms with Gasteiger partial charge in [0, 0.05) is 43.0 Å². The number of anilines is 1. The molecule has 1 aliphatic rings. The molecule has 0 atom stereocenters. The first-order valence-corrected chi connectivity index (χ1v) is 11.2. The van der Waals surface area contributed by atoms with Crippen molar-refractivity contribution in [1.82, 2.24) is 4.90 Å². The second-order valence-corrected chi connectivity index (χ2v) is 8.21. The first kappa shape index (κ1) is 22.8. The number of hydrogen-bond acceptors (Lipinski definition) is 4. The van der Waals surface area contributed by atoms with Gasteiger partial charge in [-0.25, -0.2) is 4.39 Å². The molecule has 0 radical (unpaired) electrons. The van der Waals surface area contributed by atoms with E-state index in [-0.39, 0.29) is 17.8 Å². The van der Waals surface area contributed by atoms with Crippen molar-refractivity contribution < 1.29 is 18.7 Å². The number of rotatable bonds is 7. The van der Waals surface area contributed by atoms with Crippen LogP contribution in [-0.2, 0) is 6.54 Å². The zero-order chi connectivity index (χ0) is 23.2. The molecule has 1 saturated heterocycles. The second-order valence-electron chi connectivity index (χ2n) is 8.21. The lowest BCUT2D eigenvalue weighted by Gasteiger charge is -2.39. The SMILES string of the molecule is COc1ccc(N(C(=O)c2ccc(F)cc2)C2CCN(Cc3ccccc3)CC2)cc1OC. The summed E-state index contributed by atoms with van der Waals surface area (Å²) in [5.41, 5.74) is 2.48. The molecule has 0 spiro atoms. The Hall–Kier alpha value is -3.38. The molecule has 4 rings (SSSR count). The van der Waals surface area contributed by atoms with Crippen molar-refractivity contribution in [2.45, 2.75) is 25.4 Å². The van der Waals surface area contributed by atoms with Crippen molar-refractivity contribution in [2.24, 2.45) is 0 Å². The number of ether oxygens (including phenoxy) is 2. The number of carbonyl (C=O) groups excluding carboxylic acids is 1. The van der Waals surface area contributed by atoms with E-state index in [1.807, 2.05) is 29.2 Å². The van der Waals surface area contributed by atoms with Gasteiger partial charge in [-0.1, -0.05) is 30.3 Å². The van der Waals surface area contributed by atoms with Crippen LogP contribution in [0.2, 0.25) is 0 Å². The number of piperidine rings is 1. The Morgan fingerprint density at radius 2 is 1.61 bits per heavy atom. The summed E-state index contributed by atoms with van der Waals surface area (Å²) < 4.78 is 24.3. The number of nitrogens with zero attached hydrogens (tertiary/aromatic N) is 2. The molecule has 1 amide bonds. The molecule has 0 N–H and O–H groups in total. The van der Waals surface area contributed by atoms with Crippen LogP contribution >= 0.6 is 0 Å². The number of amides is 1. The molecule has 1 fully saturated rings. The van der Waals surface area contributed by atoms with Crippen LogP contribution in [0.1, 0.15) is 28.8 Å². The molecule has 0 aliphatic carbocycles. The van der Waals surface area contributed by atoms with Crippen LogP contribution in [0, 0.1) is 5.82 Å². The molecule has 33 heavy (non-hydrogen) atoms. The highest BCUT2D eigenvalue weighted by molar-refractivity contribution is 6.06. The number of carbonyl (C=O) groups is 1. The van der Waals surface area contributed by atoms with Gasteiger partial charge in [0.05, 0.1) is 14.2 Å². The molecular formula is C27H29FN2O3. The molecule has 0 aromatic heterocycles. The minimum absolute atomic E-state index is 0.0210. The Morgan fingerprint density at radius 3 is 2.24 bits per heavy atom. The standard InChI is InChI=1S/C27H29FN2O3/c1-32-25-13-12-24(18-26(25)33-2)30(27(31)21-8-10-22(28)11-9-21)23-14-16-29(17-15-23)19-20-6-4-3-5-7-20/h3-13,18,23H,14-17,19H2,1-2H3. The first-order chi connectivity index (χ1) is 16.1. The number of methoxy groups -OCH3 is 2. The van der Waals surface area contributed by atoms with Crippen LogP contribution in [0.3, 0.4) is 0 Å². The van der Waals surface area contributed by atoms with Gasteiger partial charge in [0.25, 0.3) is 5.91 Å². The number of likely N-dealkylation sites (tertiary alicyclic amines) is 1. The smallest absolute Gasteiger partial charge is 0.258 e. The van der Waals surface area contributed by atoms with Crippen molar-refractivity contribution in [1.29, 1.82) is 0 Å². The van der Waals surface area contributed by atoms with Gasteiger partial charge < -0.3 is 14.4 Å². The molecule has 3 aromatic carbocycles. The zero-order valence-corrected chi connectivity index (χ0v) is 19.0. The lowest BCUT2D eigenvalue weighted by atomic mass is 10.00. The van der Waals surface area contributed by atoms with Crippen molar-refractivity contribution in [3.8, 4) is 11.5 Å². The van der Waals surface area contributed by atoms with Crippen molar-refractivity contribution >= 4 is 11.6 Å². The Labute approximate surface area is 194 Å². The van der Waals surface area contributed by atoms with Crippen LogP contribution < -0.4 is 14.4 Å². The van der Waals surface area contributed by atoms with E-state index >= 15 is 0 Å². The van der Waals surface area contributed by atoms with E-state index in [0.29, 0.717) is 17.1 Å². The summed E-state index contributed by atoms with van der Waals surface area (Å²) in [7, 11) is 3.16. The van der Waals surface area contributed by atoms with Gasteiger partial charge >= 0.3 is 0 Å². The van der Waals surface area contributed by atoms with Crippen molar-refractivity contribution in [3.05, 3.63) is 89.7 Å². The van der Waals surface area contributed by atoms with E-state index in [1.54, 1.807) is 14.2 Å². The lowest BCUT2D eigenvalue weighted by Crippen LogP contribution is -2.47. The Morgan fingerprint density at radius 1 is 0.939 bits per heavy atom. The summed E-state index contributed by atoms with van der Waals surface area (Å²) in [5.74, 6) is 0.656. The van der Waals surface area contributed by atoms with Gasteiger partial charge in [0.2, 0.25) is 0 Å². The zero-order valence-electron chi connectivity index (χ0n) is 19.0. The van der Waals surface area contributed by atoms with Gasteiger partial charge in [-0.15, -0.1) is 0 Å². The maximum atomic E-state index is 13.6. The molecule has 172 valence electrons. The van der Waals surface area contributed by atoms with Crippen LogP contribution in [-0.4, -0.2) is 44.2 Å². The number of halogens is 1. The molecular weight excluding hydrogens is 419 g/mol. The number of benzene rings is 3. The summed E-state index contributed by atoms with van der Waals surface area (Å²) in [6, 6.07) is 21.7. The molecule has 6 heteroatoms. The van der Waals surface area contributed by atoms with Crippen LogP contribution in [0.5, 0.6) is 11.5 Å². The van der Waals surface area contributed by atoms with Gasteiger partial charge in [0.1, 0.15) is 5.82 Å². The fraction of sp³-hybridized carbons (Fsp3) is 0.296. The van der Waals surface area contributed by atoms with Crippen LogP contribution in [0.25, 0.3) is 0 Å². The monoisotopic (exact) mass is 448 g/mol. The minimum atomic E-state index is -0.363. The summed E-state index contributed by atoms with van der Waals surface area (Å²) in [5, 5.41) is 0. The predicted octanol–water partition coefficient (Wildman–Crippen LogP) is 5.15. The summed E-state index contributed by atoms with van der Waals surface area (Å²) in [6.07, 6.45) is 1.68. The van der Waals surface area contributed by atoms with Gasteiger partial charge in [0.15, 0.2) is 11.5 Å². The topological polar surface area (TPSA) is 42.0 Å². The second kappa shape index (κ2) is 10.5. The predicted molar refractivity (Wildman–Crippen MR) is 127 cm³/mol. The third-order valence-electron chi connectivity index (χ3n) is 6.13. The summed E-state index contributed by atoms with van der Waals surface area (Å²) >= 11 is 0. The van der Waals surface area contributed by atoms with E-state index in [0.717, 1.165) is 38.2 Å². The van der Waals surface area contributed by atoms with Gasteiger partial charge in [-0.05, 0) is 54.8 Å². The average molecular weight is 449 g/mol. The third kappa shape index (κ3) is 5.34. The highest BCUT2D eigenvalue weighted by atomic mass is 19.1. The normalized spacial score (nSPS) is 14.6. The summed E-state index contributed by atoms with van der Waals surface area (Å²) in [6.45, 7) is 2.68. The van der Waals surface area contributed by atoms with Gasteiger partial charge in [-0.3, -0.25) is 9.69 Å². The maximum Gasteiger partial charge on any atom is 0.258 e. The van der Waals surface area contributed by atoms with E-state index < -0.39 is 0 Å². The van der Waals surface area contributed by atoms with Crippen molar-refractivity contribution in [2.75, 3.05) is 32.2 Å². The molecule has 0 saturated carbocycles. The Kier molecular flexibility index (Phi) is 7.25. The molecule has 0 unspecified atom stereocenters. The average Bonchev–Trinajstić information content (AvgIpc) is 2.86. The third-order valence-corrected chi connectivity index (χ3v) is 6.13. The molecule has 1 heterocycles. The quantitative estimate of drug-likeness (QED) is 0.501. The van der Waals surface area contributed by atoms with E-state index in [2.05, 4.69) is 29.2 Å². The molecule has 5 nitrogen and oxygen atoms in total. The first-order valence-electron chi connectivity index (χ1n) is 11.2. The number of hydrogen-bond donors (Lipinski definition) is 0. The lowest BCUT2D eigenvalue weighted by molar-refractivity contribution is 0.0958. The fourth-order valence-electron chi connectivity index (χ4n) is 4.38. The Balaban J connectivity index is 1.58. The van der Waals surface area contributed by atoms with Crippen LogP contribution in [0.15, 0.2) is 72.8 Å². The van der Waals surface area contributed by atoms with E-state index in [4.69, 9.17) is 9.47 Å². The fourth-order valence-corrected chi connectivity index (χ4v) is 4.38. The highest BCUT2D eigenvalue weighted by Gasteiger charge is 2.30. The van der Waals surface area contributed by atoms with Gasteiger partial charge in [-0.2, -0.15) is 0 Å². The van der Waals surface area contributed by atoms with Crippen molar-refractivity contribution in [3.63, 3.8) is 0 Å². The van der Waals surface area contributed by atoms with E-state index in [1.165, 1.54) is 29.8 Å².